The van der Waals surface area contributed by atoms with E-state index in [0.29, 0.717) is 23.7 Å². The van der Waals surface area contributed by atoms with Crippen molar-refractivity contribution in [2.45, 2.75) is 79.1 Å². The molecule has 0 spiro atoms. The zero-order valence-electron chi connectivity index (χ0n) is 38.7. The van der Waals surface area contributed by atoms with Crippen LogP contribution in [-0.4, -0.2) is 32.8 Å². The second-order valence-electron chi connectivity index (χ2n) is 18.2. The largest absolute Gasteiger partial charge is 0.333 e. The van der Waals surface area contributed by atoms with E-state index in [1.807, 2.05) is 9.48 Å². The van der Waals surface area contributed by atoms with Gasteiger partial charge in [0.1, 0.15) is 13.0 Å². The van der Waals surface area contributed by atoms with Gasteiger partial charge in [-0.15, -0.1) is 16.8 Å². The van der Waals surface area contributed by atoms with Crippen molar-refractivity contribution in [3.05, 3.63) is 156 Å². The number of hydrogen-bond acceptors (Lipinski definition) is 1. The summed E-state index contributed by atoms with van der Waals surface area (Å²) in [5.74, 6) is 1.32. The Hall–Kier alpha value is -5.65. The predicted molar refractivity (Wildman–Crippen MR) is 261 cm³/mol. The zero-order valence-corrected chi connectivity index (χ0v) is 38.8. The molecule has 2 unspecified atom stereocenters. The van der Waals surface area contributed by atoms with Gasteiger partial charge >= 0.3 is 0 Å². The molecule has 1 aliphatic rings. The van der Waals surface area contributed by atoms with E-state index >= 15 is 0 Å². The number of fused-ring (bicyclic) bond motifs is 12. The van der Waals surface area contributed by atoms with E-state index < -0.39 is 13.0 Å². The number of aromatic nitrogens is 2. The molecule has 11 aromatic rings. The van der Waals surface area contributed by atoms with Crippen LogP contribution in [0.25, 0.3) is 76.2 Å². The van der Waals surface area contributed by atoms with Gasteiger partial charge in [-0.3, -0.25) is 0 Å². The fourth-order valence-corrected chi connectivity index (χ4v) is 10.4. The molecule has 0 saturated heterocycles. The van der Waals surface area contributed by atoms with Crippen molar-refractivity contribution in [1.29, 1.82) is 0 Å². The van der Waals surface area contributed by atoms with Gasteiger partial charge in [-0.05, 0) is 46.6 Å². The third-order valence-corrected chi connectivity index (χ3v) is 13.2. The molecule has 1 radical (unpaired) electrons. The topological polar surface area (TPSA) is 15.1 Å². The van der Waals surface area contributed by atoms with E-state index in [4.69, 9.17) is 2.74 Å². The molecule has 5 heteroatoms. The molecule has 0 bridgehead atoms. The Balaban J connectivity index is 0.000000149. The van der Waals surface area contributed by atoms with Gasteiger partial charge in [0, 0.05) is 66.3 Å². The maximum Gasteiger partial charge on any atom is 0.206 e. The van der Waals surface area contributed by atoms with Crippen molar-refractivity contribution in [2.75, 3.05) is 17.9 Å². The van der Waals surface area contributed by atoms with Crippen molar-refractivity contribution in [1.82, 2.24) is 8.80 Å². The van der Waals surface area contributed by atoms with Crippen LogP contribution in [0, 0.1) is 6.07 Å². The van der Waals surface area contributed by atoms with E-state index in [9.17, 15) is 0 Å². The molecule has 0 aliphatic carbocycles. The van der Waals surface area contributed by atoms with E-state index in [2.05, 4.69) is 204 Å². The molecule has 7 aromatic carbocycles. The Labute approximate surface area is 383 Å². The Kier molecular flexibility index (Phi) is 9.40. The molecular formula is C57H53AuN4-. The van der Waals surface area contributed by atoms with Crippen molar-refractivity contribution >= 4 is 93.9 Å². The van der Waals surface area contributed by atoms with Crippen molar-refractivity contribution in [3.63, 3.8) is 0 Å². The molecule has 4 nitrogen and oxygen atoms in total. The average Bonchev–Trinajstić information content (AvgIpc) is 4.07. The Morgan fingerprint density at radius 3 is 1.32 bits per heavy atom. The summed E-state index contributed by atoms with van der Waals surface area (Å²) in [5.41, 5.74) is 14.4. The first-order valence-corrected chi connectivity index (χ1v) is 22.1. The van der Waals surface area contributed by atoms with Crippen LogP contribution in [-0.2, 0) is 22.4 Å². The number of rotatable bonds is 6. The SMILES string of the molecule is [2H]C1C([2H])[N+](c2c(C(C)C)cccc2C(C)C)=[C-]N1c1c(C(C)C)cccc1C(C)C.[Au].[c-]1c2c(cc3c4cccc5c6ccccc6n(c13)c45)c1cccc3c4ccccc4n2c13. The fraction of sp³-hybridized carbons (Fsp3) is 0.246. The van der Waals surface area contributed by atoms with Gasteiger partial charge in [0.05, 0.1) is 13.8 Å². The van der Waals surface area contributed by atoms with Gasteiger partial charge in [0.2, 0.25) is 6.34 Å². The third-order valence-electron chi connectivity index (χ3n) is 13.2. The molecule has 5 heterocycles. The van der Waals surface area contributed by atoms with Gasteiger partial charge in [-0.2, -0.15) is 6.07 Å². The average molecular weight is 993 g/mol. The van der Waals surface area contributed by atoms with Crippen LogP contribution in [0.2, 0.25) is 0 Å². The number of para-hydroxylation sites is 6. The summed E-state index contributed by atoms with van der Waals surface area (Å²) in [6, 6.07) is 50.0. The molecule has 313 valence electrons. The minimum absolute atomic E-state index is 0. The maximum absolute atomic E-state index is 8.98. The van der Waals surface area contributed by atoms with Gasteiger partial charge in [-0.1, -0.05) is 198 Å². The summed E-state index contributed by atoms with van der Waals surface area (Å²) < 4.78 is 24.7. The summed E-state index contributed by atoms with van der Waals surface area (Å²) in [6.45, 7) is 16.1. The monoisotopic (exact) mass is 992 g/mol. The van der Waals surface area contributed by atoms with E-state index in [0.717, 1.165) is 22.4 Å². The van der Waals surface area contributed by atoms with Crippen molar-refractivity contribution in [2.24, 2.45) is 0 Å². The van der Waals surface area contributed by atoms with Crippen LogP contribution in [0.5, 0.6) is 0 Å². The summed E-state index contributed by atoms with van der Waals surface area (Å²) in [6.07, 6.45) is 3.50. The zero-order chi connectivity index (χ0) is 43.6. The first-order chi connectivity index (χ1) is 30.5. The van der Waals surface area contributed by atoms with E-state index in [1.54, 1.807) is 0 Å². The molecule has 0 saturated carbocycles. The van der Waals surface area contributed by atoms with Crippen LogP contribution in [0.15, 0.2) is 127 Å². The second-order valence-corrected chi connectivity index (χ2v) is 18.2. The minimum Gasteiger partial charge on any atom is -0.333 e. The van der Waals surface area contributed by atoms with Crippen LogP contribution < -0.4 is 4.90 Å². The summed E-state index contributed by atoms with van der Waals surface area (Å²) in [7, 11) is 0. The third kappa shape index (κ3) is 5.94. The number of hydrogen-bond donors (Lipinski definition) is 0. The van der Waals surface area contributed by atoms with E-state index in [-0.39, 0.29) is 22.4 Å². The Bertz CT molecular complexity index is 3390. The molecular weight excluding hydrogens is 938 g/mol. The van der Waals surface area contributed by atoms with Crippen LogP contribution >= 0.6 is 0 Å². The molecule has 1 aliphatic heterocycles. The normalized spacial score (nSPS) is 16.4. The summed E-state index contributed by atoms with van der Waals surface area (Å²) in [4.78, 5) is 1.92. The molecule has 2 atom stereocenters. The molecule has 4 aromatic heterocycles. The van der Waals surface area contributed by atoms with Crippen LogP contribution in [0.1, 0.15) is 104 Å². The van der Waals surface area contributed by atoms with Gasteiger partial charge in [0.15, 0.2) is 0 Å². The Morgan fingerprint density at radius 2 is 0.871 bits per heavy atom. The molecule has 0 N–H and O–H groups in total. The van der Waals surface area contributed by atoms with Crippen molar-refractivity contribution < 1.29 is 29.7 Å². The molecule has 12 rings (SSSR count). The fourth-order valence-electron chi connectivity index (χ4n) is 10.4. The summed E-state index contributed by atoms with van der Waals surface area (Å²) >= 11 is 0. The molecule has 0 fully saturated rings. The standard InChI is InChI=1S/C30H15N2.C27H38N2.Au/c1-3-13-25-17(7-1)19-9-5-11-21-23-15-24-22-12-6-10-20-18-8-2-4-14-26(18)32(30(20)22)28(24)16-27(23)31(25)29(19)21;1-18(2)22-11-9-12-23(19(3)4)26(22)28-15-16-29(17-28)27-24(20(5)6)13-10-14-25(27)21(7)8;/h1-15H;9-14,18-21H,15-16H2,1-8H3;/q-1;;/i;15D,16D;. The molecule has 62 heavy (non-hydrogen) atoms. The van der Waals surface area contributed by atoms with Crippen LogP contribution in [0.3, 0.4) is 0 Å². The molecule has 0 amide bonds. The Morgan fingerprint density at radius 1 is 0.484 bits per heavy atom. The second kappa shape index (κ2) is 15.3. The number of benzene rings is 7. The first kappa shape index (κ1) is 38.1. The van der Waals surface area contributed by atoms with Gasteiger partial charge in [-0.25, -0.2) is 0 Å². The smallest absolute Gasteiger partial charge is 0.206 e. The van der Waals surface area contributed by atoms with Crippen LogP contribution in [0.4, 0.5) is 11.4 Å². The minimum atomic E-state index is -0.738. The van der Waals surface area contributed by atoms with Gasteiger partial charge in [0.25, 0.3) is 0 Å². The maximum atomic E-state index is 8.98. The predicted octanol–water partition coefficient (Wildman–Crippen LogP) is 15.0. The van der Waals surface area contributed by atoms with E-state index in [1.165, 1.54) is 87.4 Å². The van der Waals surface area contributed by atoms with Crippen molar-refractivity contribution in [3.8, 4) is 0 Å². The quantitative estimate of drug-likeness (QED) is 0.0920. The van der Waals surface area contributed by atoms with Gasteiger partial charge < -0.3 is 18.3 Å². The number of nitrogens with zero attached hydrogens (tertiary/aromatic N) is 4. The first-order valence-electron chi connectivity index (χ1n) is 23.2. The number of anilines is 1. The summed E-state index contributed by atoms with van der Waals surface area (Å²) in [5, 5.41) is 10.4.